The number of hydrogen-bond donors (Lipinski definition) is 2. The number of aliphatic hydroxyl groups is 1. The number of hydrogen-bond acceptors (Lipinski definition) is 5. The summed E-state index contributed by atoms with van der Waals surface area (Å²) in [5.74, 6) is 0.221. The van der Waals surface area contributed by atoms with E-state index < -0.39 is 12.1 Å². The summed E-state index contributed by atoms with van der Waals surface area (Å²) in [6.07, 6.45) is 0.142. The van der Waals surface area contributed by atoms with Gasteiger partial charge in [0, 0.05) is 22.6 Å². The molecule has 0 unspecified atom stereocenters. The number of phenolic OH excluding ortho intramolecular Hbond substituents is 1. The van der Waals surface area contributed by atoms with E-state index in [1.165, 1.54) is 37.1 Å². The lowest BCUT2D eigenvalue weighted by Gasteiger charge is -2.28. The van der Waals surface area contributed by atoms with Gasteiger partial charge in [-0.15, -0.1) is 0 Å². The number of ether oxygens (including phenoxy) is 1. The second-order valence-electron chi connectivity index (χ2n) is 7.64. The Hall–Kier alpha value is -3.03. The minimum atomic E-state index is -0.776. The zero-order chi connectivity index (χ0) is 22.7. The molecule has 7 heteroatoms. The van der Waals surface area contributed by atoms with Crippen LogP contribution >= 0.6 is 11.8 Å². The minimum absolute atomic E-state index is 0.0506. The number of carbonyl (C=O) groups excluding carboxylic acids is 1. The Balaban J connectivity index is 1.63. The maximum atomic E-state index is 13.2. The summed E-state index contributed by atoms with van der Waals surface area (Å²) in [6.45, 7) is 0. The fourth-order valence-corrected chi connectivity index (χ4v) is 5.26. The molecule has 0 radical (unpaired) electrons. The van der Waals surface area contributed by atoms with Crippen LogP contribution in [0.1, 0.15) is 36.1 Å². The van der Waals surface area contributed by atoms with Crippen LogP contribution in [0.3, 0.4) is 0 Å². The first-order valence-electron chi connectivity index (χ1n) is 10.3. The fraction of sp³-hybridized carbons (Fsp3) is 0.240. The number of aliphatic hydroxyl groups excluding tert-OH is 1. The number of aromatic hydroxyl groups is 1. The first kappa shape index (κ1) is 22.2. The number of para-hydroxylation sites is 1. The first-order valence-corrected chi connectivity index (χ1v) is 11.2. The van der Waals surface area contributed by atoms with E-state index in [0.29, 0.717) is 29.7 Å². The van der Waals surface area contributed by atoms with Crippen LogP contribution in [0.2, 0.25) is 0 Å². The predicted molar refractivity (Wildman–Crippen MR) is 124 cm³/mol. The number of rotatable bonds is 7. The monoisotopic (exact) mass is 453 g/mol. The number of nitrogens with zero attached hydrogens (tertiary/aromatic N) is 1. The number of carbonyl (C=O) groups is 1. The average molecular weight is 454 g/mol. The van der Waals surface area contributed by atoms with E-state index in [1.807, 2.05) is 30.3 Å². The molecule has 3 aromatic carbocycles. The van der Waals surface area contributed by atoms with Crippen LogP contribution in [0, 0.1) is 5.82 Å². The van der Waals surface area contributed by atoms with Gasteiger partial charge in [-0.3, -0.25) is 9.69 Å². The third kappa shape index (κ3) is 4.59. The van der Waals surface area contributed by atoms with Gasteiger partial charge < -0.3 is 14.9 Å². The second-order valence-corrected chi connectivity index (χ2v) is 8.83. The highest BCUT2D eigenvalue weighted by Crippen LogP contribution is 2.49. The third-order valence-corrected chi connectivity index (χ3v) is 6.84. The largest absolute Gasteiger partial charge is 0.507 e. The molecule has 0 bridgehead atoms. The summed E-state index contributed by atoms with van der Waals surface area (Å²) >= 11 is 1.20. The maximum absolute atomic E-state index is 13.2. The molecule has 1 fully saturated rings. The summed E-state index contributed by atoms with van der Waals surface area (Å²) < 4.78 is 18.4. The number of methoxy groups -OCH3 is 1. The Bertz CT molecular complexity index is 1080. The maximum Gasteiger partial charge on any atom is 0.287 e. The van der Waals surface area contributed by atoms with Gasteiger partial charge in [-0.1, -0.05) is 42.1 Å². The van der Waals surface area contributed by atoms with E-state index in [9.17, 15) is 19.4 Å². The molecule has 3 atom stereocenters. The van der Waals surface area contributed by atoms with E-state index >= 15 is 0 Å². The molecule has 32 heavy (non-hydrogen) atoms. The molecule has 5 nitrogen and oxygen atoms in total. The predicted octanol–water partition coefficient (Wildman–Crippen LogP) is 5.84. The first-order chi connectivity index (χ1) is 15.5. The number of anilines is 1. The standard InChI is InChI=1S/C25H24FNO4S/c1-31-19-11-12-20(22(29)15-19)24-23(14-13-21(28)16-7-9-17(26)10-8-16)32-25(30)27(24)18-5-3-2-4-6-18/h2-12,15,21,23-24,28-29H,13-14H2,1H3/t21-,23-,24+/m0/s1. The number of amides is 1. The molecule has 0 saturated carbocycles. The van der Waals surface area contributed by atoms with Crippen LogP contribution in [0.4, 0.5) is 14.9 Å². The highest BCUT2D eigenvalue weighted by Gasteiger charge is 2.43. The number of phenols is 1. The van der Waals surface area contributed by atoms with E-state index in [-0.39, 0.29) is 22.1 Å². The van der Waals surface area contributed by atoms with Gasteiger partial charge >= 0.3 is 0 Å². The van der Waals surface area contributed by atoms with E-state index in [2.05, 4.69) is 0 Å². The summed E-state index contributed by atoms with van der Waals surface area (Å²) in [6, 6.07) is 19.8. The summed E-state index contributed by atoms with van der Waals surface area (Å²) in [5.41, 5.74) is 1.99. The van der Waals surface area contributed by atoms with E-state index in [4.69, 9.17) is 4.74 Å². The Kier molecular flexibility index (Phi) is 6.67. The van der Waals surface area contributed by atoms with Crippen molar-refractivity contribution < 1.29 is 24.1 Å². The van der Waals surface area contributed by atoms with Gasteiger partial charge in [-0.25, -0.2) is 4.39 Å². The molecule has 3 aromatic rings. The molecule has 1 heterocycles. The normalized spacial score (nSPS) is 19.2. The van der Waals surface area contributed by atoms with Crippen molar-refractivity contribution in [2.75, 3.05) is 12.0 Å². The van der Waals surface area contributed by atoms with E-state index in [1.54, 1.807) is 29.2 Å². The molecule has 0 spiro atoms. The SMILES string of the molecule is COc1ccc([C@@H]2[C@H](CC[C@H](O)c3ccc(F)cc3)SC(=O)N2c2ccccc2)c(O)c1. The average Bonchev–Trinajstić information content (AvgIpc) is 3.14. The van der Waals surface area contributed by atoms with Crippen molar-refractivity contribution in [2.24, 2.45) is 0 Å². The lowest BCUT2D eigenvalue weighted by Crippen LogP contribution is -2.29. The lowest BCUT2D eigenvalue weighted by atomic mass is 9.95. The van der Waals surface area contributed by atoms with Gasteiger partial charge in [-0.2, -0.15) is 0 Å². The second kappa shape index (κ2) is 9.63. The molecule has 1 amide bonds. The Morgan fingerprint density at radius 2 is 1.81 bits per heavy atom. The van der Waals surface area contributed by atoms with Crippen LogP contribution in [-0.4, -0.2) is 27.8 Å². The van der Waals surface area contributed by atoms with Gasteiger partial charge in [0.2, 0.25) is 0 Å². The summed E-state index contributed by atoms with van der Waals surface area (Å²) in [5, 5.41) is 21.0. The van der Waals surface area contributed by atoms with Gasteiger partial charge in [0.05, 0.1) is 19.3 Å². The van der Waals surface area contributed by atoms with Crippen molar-refractivity contribution in [3.05, 3.63) is 89.7 Å². The van der Waals surface area contributed by atoms with Crippen LogP contribution in [0.5, 0.6) is 11.5 Å². The highest BCUT2D eigenvalue weighted by molar-refractivity contribution is 8.14. The summed E-state index contributed by atoms with van der Waals surface area (Å²) in [7, 11) is 1.53. The van der Waals surface area contributed by atoms with Crippen molar-refractivity contribution in [2.45, 2.75) is 30.2 Å². The zero-order valence-corrected chi connectivity index (χ0v) is 18.3. The Morgan fingerprint density at radius 1 is 1.09 bits per heavy atom. The molecule has 1 aliphatic rings. The molecule has 1 aliphatic heterocycles. The molecular weight excluding hydrogens is 429 g/mol. The van der Waals surface area contributed by atoms with Gasteiger partial charge in [0.1, 0.15) is 17.3 Å². The van der Waals surface area contributed by atoms with Crippen molar-refractivity contribution >= 4 is 22.7 Å². The fourth-order valence-electron chi connectivity index (χ4n) is 4.02. The molecule has 0 aliphatic carbocycles. The van der Waals surface area contributed by atoms with Crippen LogP contribution in [0.15, 0.2) is 72.8 Å². The van der Waals surface area contributed by atoms with Crippen molar-refractivity contribution in [3.63, 3.8) is 0 Å². The topological polar surface area (TPSA) is 70.0 Å². The van der Waals surface area contributed by atoms with Gasteiger partial charge in [0.15, 0.2) is 0 Å². The molecular formula is C25H24FNO4S. The number of halogens is 1. The molecule has 2 N–H and O–H groups in total. The van der Waals surface area contributed by atoms with Gasteiger partial charge in [0.25, 0.3) is 5.24 Å². The van der Waals surface area contributed by atoms with Gasteiger partial charge in [-0.05, 0) is 54.8 Å². The van der Waals surface area contributed by atoms with Crippen molar-refractivity contribution in [3.8, 4) is 11.5 Å². The minimum Gasteiger partial charge on any atom is -0.507 e. The van der Waals surface area contributed by atoms with Crippen molar-refractivity contribution in [1.29, 1.82) is 0 Å². The van der Waals surface area contributed by atoms with Crippen molar-refractivity contribution in [1.82, 2.24) is 0 Å². The summed E-state index contributed by atoms with van der Waals surface area (Å²) in [4.78, 5) is 14.7. The van der Waals surface area contributed by atoms with Crippen LogP contribution < -0.4 is 9.64 Å². The molecule has 4 rings (SSSR count). The third-order valence-electron chi connectivity index (χ3n) is 5.65. The Labute approximate surface area is 190 Å². The molecule has 1 saturated heterocycles. The quantitative estimate of drug-likeness (QED) is 0.471. The number of benzene rings is 3. The molecule has 166 valence electrons. The smallest absolute Gasteiger partial charge is 0.287 e. The highest BCUT2D eigenvalue weighted by atomic mass is 32.2. The Morgan fingerprint density at radius 3 is 2.47 bits per heavy atom. The number of thioether (sulfide) groups is 1. The molecule has 0 aromatic heterocycles. The van der Waals surface area contributed by atoms with E-state index in [0.717, 1.165) is 5.69 Å². The van der Waals surface area contributed by atoms with Crippen LogP contribution in [-0.2, 0) is 0 Å². The van der Waals surface area contributed by atoms with Crippen LogP contribution in [0.25, 0.3) is 0 Å². The lowest BCUT2D eigenvalue weighted by molar-refractivity contribution is 0.163. The zero-order valence-electron chi connectivity index (χ0n) is 17.5.